The maximum Gasteiger partial charge on any atom is 0.237 e. The number of para-hydroxylation sites is 1. The van der Waals surface area contributed by atoms with E-state index in [0.717, 1.165) is 29.7 Å². The minimum Gasteiger partial charge on any atom is -0.356 e. The first-order valence-electron chi connectivity index (χ1n) is 9.32. The van der Waals surface area contributed by atoms with Crippen LogP contribution in [0.3, 0.4) is 0 Å². The molecule has 0 bridgehead atoms. The zero-order valence-electron chi connectivity index (χ0n) is 15.8. The van der Waals surface area contributed by atoms with Crippen LogP contribution in [0, 0.1) is 5.82 Å². The second-order valence-electron chi connectivity index (χ2n) is 7.43. The quantitative estimate of drug-likeness (QED) is 0.760. The lowest BCUT2D eigenvalue weighted by Gasteiger charge is -2.20. The molecular weight excluding hydrogens is 343 g/mol. The SMILES string of the molecule is CC1(C)C(=O)N(CCC(=O)NCCCc2ccc(F)cc2)c2ccccc21. The van der Waals surface area contributed by atoms with E-state index < -0.39 is 5.41 Å². The van der Waals surface area contributed by atoms with Crippen LogP contribution < -0.4 is 10.2 Å². The molecule has 0 radical (unpaired) electrons. The highest BCUT2D eigenvalue weighted by Gasteiger charge is 2.43. The van der Waals surface area contributed by atoms with Crippen LogP contribution in [0.5, 0.6) is 0 Å². The Balaban J connectivity index is 1.45. The molecule has 5 heteroatoms. The van der Waals surface area contributed by atoms with Gasteiger partial charge in [0.05, 0.1) is 5.41 Å². The lowest BCUT2D eigenvalue weighted by Crippen LogP contribution is -2.38. The van der Waals surface area contributed by atoms with Crippen molar-refractivity contribution in [1.82, 2.24) is 5.32 Å². The summed E-state index contributed by atoms with van der Waals surface area (Å²) >= 11 is 0. The molecule has 0 aliphatic carbocycles. The smallest absolute Gasteiger partial charge is 0.237 e. The molecule has 2 amide bonds. The highest BCUT2D eigenvalue weighted by molar-refractivity contribution is 6.07. The summed E-state index contributed by atoms with van der Waals surface area (Å²) in [7, 11) is 0. The van der Waals surface area contributed by atoms with Gasteiger partial charge in [-0.15, -0.1) is 0 Å². The first kappa shape index (κ1) is 19.1. The molecule has 2 aromatic rings. The number of hydrogen-bond acceptors (Lipinski definition) is 2. The van der Waals surface area contributed by atoms with Crippen LogP contribution in [-0.2, 0) is 21.4 Å². The highest BCUT2D eigenvalue weighted by atomic mass is 19.1. The van der Waals surface area contributed by atoms with Gasteiger partial charge in [-0.3, -0.25) is 9.59 Å². The summed E-state index contributed by atoms with van der Waals surface area (Å²) in [6.07, 6.45) is 1.84. The van der Waals surface area contributed by atoms with Crippen molar-refractivity contribution >= 4 is 17.5 Å². The molecule has 0 atom stereocenters. The molecule has 4 nitrogen and oxygen atoms in total. The Bertz CT molecular complexity index is 830. The number of anilines is 1. The van der Waals surface area contributed by atoms with Gasteiger partial charge < -0.3 is 10.2 Å². The molecule has 2 aromatic carbocycles. The molecule has 142 valence electrons. The standard InChI is InChI=1S/C22H25FN2O2/c1-22(2)18-7-3-4-8-19(18)25(21(22)27)15-13-20(26)24-14-5-6-16-9-11-17(23)12-10-16/h3-4,7-12H,5-6,13-15H2,1-2H3,(H,24,26). The number of amides is 2. The third kappa shape index (κ3) is 4.18. The van der Waals surface area contributed by atoms with Crippen LogP contribution in [0.25, 0.3) is 0 Å². The Morgan fingerprint density at radius 2 is 1.81 bits per heavy atom. The molecule has 0 saturated carbocycles. The van der Waals surface area contributed by atoms with Crippen LogP contribution in [-0.4, -0.2) is 24.9 Å². The summed E-state index contributed by atoms with van der Waals surface area (Å²) in [6.45, 7) is 4.78. The maximum atomic E-state index is 12.9. The van der Waals surface area contributed by atoms with Gasteiger partial charge in [0.2, 0.25) is 11.8 Å². The Morgan fingerprint density at radius 1 is 1.11 bits per heavy atom. The van der Waals surface area contributed by atoms with E-state index >= 15 is 0 Å². The first-order chi connectivity index (χ1) is 12.9. The fraction of sp³-hybridized carbons (Fsp3) is 0.364. The van der Waals surface area contributed by atoms with Gasteiger partial charge in [-0.05, 0) is 56.0 Å². The molecule has 0 aromatic heterocycles. The predicted molar refractivity (Wildman–Crippen MR) is 104 cm³/mol. The number of halogens is 1. The van der Waals surface area contributed by atoms with Crippen LogP contribution in [0.15, 0.2) is 48.5 Å². The van der Waals surface area contributed by atoms with Crippen molar-refractivity contribution in [2.45, 2.75) is 38.5 Å². The molecular formula is C22H25FN2O2. The number of benzene rings is 2. The van der Waals surface area contributed by atoms with E-state index in [1.165, 1.54) is 12.1 Å². The van der Waals surface area contributed by atoms with Crippen molar-refractivity contribution in [1.29, 1.82) is 0 Å². The number of carbonyl (C=O) groups excluding carboxylic acids is 2. The van der Waals surface area contributed by atoms with E-state index in [-0.39, 0.29) is 24.1 Å². The summed E-state index contributed by atoms with van der Waals surface area (Å²) in [4.78, 5) is 26.6. The van der Waals surface area contributed by atoms with Crippen molar-refractivity contribution in [2.75, 3.05) is 18.0 Å². The molecule has 0 spiro atoms. The van der Waals surface area contributed by atoms with Crippen LogP contribution >= 0.6 is 0 Å². The molecule has 27 heavy (non-hydrogen) atoms. The normalized spacial score (nSPS) is 14.9. The molecule has 1 aliphatic heterocycles. The summed E-state index contributed by atoms with van der Waals surface area (Å²) in [5, 5.41) is 2.90. The van der Waals surface area contributed by atoms with Crippen molar-refractivity contribution in [3.63, 3.8) is 0 Å². The van der Waals surface area contributed by atoms with Gasteiger partial charge in [-0.1, -0.05) is 30.3 Å². The second kappa shape index (κ2) is 7.91. The predicted octanol–water partition coefficient (Wildman–Crippen LogP) is 3.59. The number of nitrogens with one attached hydrogen (secondary N) is 1. The largest absolute Gasteiger partial charge is 0.356 e. The first-order valence-corrected chi connectivity index (χ1v) is 9.32. The molecule has 1 aliphatic rings. The maximum absolute atomic E-state index is 12.9. The minimum atomic E-state index is -0.553. The lowest BCUT2D eigenvalue weighted by atomic mass is 9.86. The third-order valence-electron chi connectivity index (χ3n) is 5.09. The zero-order valence-corrected chi connectivity index (χ0v) is 15.8. The summed E-state index contributed by atoms with van der Waals surface area (Å²) < 4.78 is 12.9. The number of aryl methyl sites for hydroxylation is 1. The van der Waals surface area contributed by atoms with Crippen molar-refractivity contribution in [2.24, 2.45) is 0 Å². The van der Waals surface area contributed by atoms with E-state index in [1.807, 2.05) is 38.1 Å². The van der Waals surface area contributed by atoms with Gasteiger partial charge in [-0.25, -0.2) is 4.39 Å². The molecule has 1 N–H and O–H groups in total. The number of rotatable bonds is 7. The van der Waals surface area contributed by atoms with Gasteiger partial charge in [0, 0.05) is 25.2 Å². The summed E-state index contributed by atoms with van der Waals surface area (Å²) in [5.41, 5.74) is 2.40. The van der Waals surface area contributed by atoms with Crippen molar-refractivity contribution < 1.29 is 14.0 Å². The molecule has 0 unspecified atom stereocenters. The Labute approximate surface area is 159 Å². The number of carbonyl (C=O) groups is 2. The Morgan fingerprint density at radius 3 is 2.56 bits per heavy atom. The van der Waals surface area contributed by atoms with E-state index in [4.69, 9.17) is 0 Å². The highest BCUT2D eigenvalue weighted by Crippen LogP contribution is 2.41. The molecule has 0 saturated heterocycles. The van der Waals surface area contributed by atoms with E-state index in [9.17, 15) is 14.0 Å². The lowest BCUT2D eigenvalue weighted by molar-refractivity contribution is -0.122. The molecule has 0 fully saturated rings. The van der Waals surface area contributed by atoms with Gasteiger partial charge >= 0.3 is 0 Å². The van der Waals surface area contributed by atoms with Crippen LogP contribution in [0.4, 0.5) is 10.1 Å². The fourth-order valence-corrected chi connectivity index (χ4v) is 3.49. The van der Waals surface area contributed by atoms with Gasteiger partial charge in [0.25, 0.3) is 0 Å². The van der Waals surface area contributed by atoms with Gasteiger partial charge in [0.15, 0.2) is 0 Å². The summed E-state index contributed by atoms with van der Waals surface area (Å²) in [6, 6.07) is 14.2. The average molecular weight is 368 g/mol. The van der Waals surface area contributed by atoms with Gasteiger partial charge in [-0.2, -0.15) is 0 Å². The van der Waals surface area contributed by atoms with Crippen molar-refractivity contribution in [3.8, 4) is 0 Å². The van der Waals surface area contributed by atoms with E-state index in [2.05, 4.69) is 5.32 Å². The monoisotopic (exact) mass is 368 g/mol. The molecule has 3 rings (SSSR count). The average Bonchev–Trinajstić information content (AvgIpc) is 2.85. The van der Waals surface area contributed by atoms with Gasteiger partial charge in [0.1, 0.15) is 5.82 Å². The number of nitrogens with zero attached hydrogens (tertiary/aromatic N) is 1. The topological polar surface area (TPSA) is 49.4 Å². The summed E-state index contributed by atoms with van der Waals surface area (Å²) in [5.74, 6) is -0.273. The third-order valence-corrected chi connectivity index (χ3v) is 5.09. The minimum absolute atomic E-state index is 0.0350. The van der Waals surface area contributed by atoms with Crippen molar-refractivity contribution in [3.05, 3.63) is 65.5 Å². The van der Waals surface area contributed by atoms with Crippen LogP contribution in [0.2, 0.25) is 0 Å². The van der Waals surface area contributed by atoms with E-state index in [1.54, 1.807) is 17.0 Å². The van der Waals surface area contributed by atoms with E-state index in [0.29, 0.717) is 13.1 Å². The van der Waals surface area contributed by atoms with Crippen LogP contribution in [0.1, 0.15) is 37.8 Å². The number of hydrogen-bond donors (Lipinski definition) is 1. The Hall–Kier alpha value is -2.69. The Kier molecular flexibility index (Phi) is 5.59. The molecule has 1 heterocycles. The second-order valence-corrected chi connectivity index (χ2v) is 7.43. The number of fused-ring (bicyclic) bond motifs is 1. The zero-order chi connectivity index (χ0) is 19.4. The fourth-order valence-electron chi connectivity index (χ4n) is 3.49.